The van der Waals surface area contributed by atoms with Crippen molar-refractivity contribution in [2.45, 2.75) is 26.1 Å². The van der Waals surface area contributed by atoms with Crippen molar-refractivity contribution in [2.24, 2.45) is 0 Å². The summed E-state index contributed by atoms with van der Waals surface area (Å²) in [4.78, 5) is 0. The third-order valence-corrected chi connectivity index (χ3v) is 3.01. The molecule has 0 atom stereocenters. The van der Waals surface area contributed by atoms with Crippen LogP contribution in [-0.4, -0.2) is 6.10 Å². The van der Waals surface area contributed by atoms with Crippen molar-refractivity contribution >= 4 is 0 Å². The minimum atomic E-state index is -4.45. The fourth-order valence-corrected chi connectivity index (χ4v) is 2.12. The Morgan fingerprint density at radius 3 is 2.36 bits per heavy atom. The Morgan fingerprint density at radius 2 is 1.77 bits per heavy atom. The van der Waals surface area contributed by atoms with E-state index in [2.05, 4.69) is 0 Å². The van der Waals surface area contributed by atoms with E-state index in [1.54, 1.807) is 0 Å². The lowest BCUT2D eigenvalue weighted by Crippen LogP contribution is -2.08. The second-order valence-corrected chi connectivity index (χ2v) is 5.03. The second-order valence-electron chi connectivity index (χ2n) is 5.03. The van der Waals surface area contributed by atoms with Gasteiger partial charge in [-0.2, -0.15) is 18.4 Å². The molecule has 0 aromatic heterocycles. The van der Waals surface area contributed by atoms with Crippen LogP contribution in [0.15, 0.2) is 42.5 Å². The van der Waals surface area contributed by atoms with E-state index in [-0.39, 0.29) is 17.2 Å². The van der Waals surface area contributed by atoms with Crippen molar-refractivity contribution in [3.8, 4) is 22.9 Å². The quantitative estimate of drug-likeness (QED) is 0.796. The summed E-state index contributed by atoms with van der Waals surface area (Å²) in [5.74, 6) is 0.366. The maximum absolute atomic E-state index is 13.1. The van der Waals surface area contributed by atoms with E-state index >= 15 is 0 Å². The van der Waals surface area contributed by atoms with Crippen LogP contribution in [0, 0.1) is 11.3 Å². The van der Waals surface area contributed by atoms with Crippen LogP contribution in [0.1, 0.15) is 25.0 Å². The number of rotatable bonds is 3. The molecule has 2 aromatic rings. The molecule has 0 aliphatic carbocycles. The highest BCUT2D eigenvalue weighted by molar-refractivity contribution is 5.71. The van der Waals surface area contributed by atoms with Crippen LogP contribution >= 0.6 is 0 Å². The number of hydrogen-bond acceptors (Lipinski definition) is 2. The van der Waals surface area contributed by atoms with Gasteiger partial charge in [-0.1, -0.05) is 24.3 Å². The average Bonchev–Trinajstić information content (AvgIpc) is 2.46. The normalized spacial score (nSPS) is 11.3. The molecule has 0 spiro atoms. The summed E-state index contributed by atoms with van der Waals surface area (Å²) >= 11 is 0. The molecule has 2 rings (SSSR count). The average molecular weight is 305 g/mol. The Kier molecular flexibility index (Phi) is 4.41. The van der Waals surface area contributed by atoms with Gasteiger partial charge in [-0.3, -0.25) is 0 Å². The number of ether oxygens (including phenoxy) is 1. The Balaban J connectivity index is 2.54. The molecule has 5 heteroatoms. The van der Waals surface area contributed by atoms with Crippen LogP contribution in [0.4, 0.5) is 13.2 Å². The molecule has 0 saturated carbocycles. The van der Waals surface area contributed by atoms with Gasteiger partial charge in [0, 0.05) is 0 Å². The molecule has 0 amide bonds. The van der Waals surface area contributed by atoms with E-state index in [0.29, 0.717) is 11.3 Å². The van der Waals surface area contributed by atoms with Crippen LogP contribution < -0.4 is 4.74 Å². The van der Waals surface area contributed by atoms with Gasteiger partial charge in [0.1, 0.15) is 11.8 Å². The fourth-order valence-electron chi connectivity index (χ4n) is 2.12. The number of nitriles is 1. The molecule has 22 heavy (non-hydrogen) atoms. The summed E-state index contributed by atoms with van der Waals surface area (Å²) in [5, 5.41) is 9.18. The fraction of sp³-hybridized carbons (Fsp3) is 0.235. The van der Waals surface area contributed by atoms with Crippen LogP contribution in [0.5, 0.6) is 5.75 Å². The summed E-state index contributed by atoms with van der Waals surface area (Å²) in [7, 11) is 0. The maximum atomic E-state index is 13.1. The molecule has 0 unspecified atom stereocenters. The number of nitrogens with zero attached hydrogens (tertiary/aromatic N) is 1. The van der Waals surface area contributed by atoms with Crippen molar-refractivity contribution < 1.29 is 17.9 Å². The molecule has 0 aliphatic rings. The van der Waals surface area contributed by atoms with E-state index < -0.39 is 11.7 Å². The molecule has 2 nitrogen and oxygen atoms in total. The van der Waals surface area contributed by atoms with Crippen LogP contribution in [0.25, 0.3) is 11.1 Å². The summed E-state index contributed by atoms with van der Waals surface area (Å²) in [5.41, 5.74) is -0.136. The van der Waals surface area contributed by atoms with E-state index in [4.69, 9.17) is 4.74 Å². The SMILES string of the molecule is CC(C)Oc1ccc(-c2ccccc2C(F)(F)F)cc1C#N. The Morgan fingerprint density at radius 1 is 1.09 bits per heavy atom. The predicted octanol–water partition coefficient (Wildman–Crippen LogP) is 5.03. The van der Waals surface area contributed by atoms with Crippen molar-refractivity contribution in [1.82, 2.24) is 0 Å². The molecule has 0 aliphatic heterocycles. The van der Waals surface area contributed by atoms with Gasteiger partial charge in [-0.05, 0) is 43.2 Å². The van der Waals surface area contributed by atoms with Crippen molar-refractivity contribution in [3.05, 3.63) is 53.6 Å². The number of halogens is 3. The number of hydrogen-bond donors (Lipinski definition) is 0. The molecule has 0 N–H and O–H groups in total. The molecule has 0 fully saturated rings. The highest BCUT2D eigenvalue weighted by Crippen LogP contribution is 2.38. The summed E-state index contributed by atoms with van der Waals surface area (Å²) < 4.78 is 44.7. The molecule has 2 aromatic carbocycles. The van der Waals surface area contributed by atoms with Crippen LogP contribution in [0.2, 0.25) is 0 Å². The Hall–Kier alpha value is -2.48. The van der Waals surface area contributed by atoms with Gasteiger partial charge in [-0.25, -0.2) is 0 Å². The zero-order chi connectivity index (χ0) is 16.3. The molecule has 0 saturated heterocycles. The van der Waals surface area contributed by atoms with Gasteiger partial charge in [0.2, 0.25) is 0 Å². The lowest BCUT2D eigenvalue weighted by Gasteiger charge is -2.15. The van der Waals surface area contributed by atoms with Crippen molar-refractivity contribution in [3.63, 3.8) is 0 Å². The molecule has 114 valence electrons. The second kappa shape index (κ2) is 6.10. The maximum Gasteiger partial charge on any atom is 0.417 e. The first kappa shape index (κ1) is 15.9. The first-order chi connectivity index (χ1) is 10.3. The van der Waals surface area contributed by atoms with E-state index in [1.807, 2.05) is 19.9 Å². The predicted molar refractivity (Wildman–Crippen MR) is 77.4 cm³/mol. The van der Waals surface area contributed by atoms with Gasteiger partial charge >= 0.3 is 6.18 Å². The van der Waals surface area contributed by atoms with Gasteiger partial charge in [-0.15, -0.1) is 0 Å². The van der Waals surface area contributed by atoms with Gasteiger partial charge in [0.05, 0.1) is 17.2 Å². The minimum absolute atomic E-state index is 0.0441. The van der Waals surface area contributed by atoms with Gasteiger partial charge < -0.3 is 4.74 Å². The van der Waals surface area contributed by atoms with Crippen molar-refractivity contribution in [2.75, 3.05) is 0 Å². The third-order valence-electron chi connectivity index (χ3n) is 3.01. The van der Waals surface area contributed by atoms with Crippen molar-refractivity contribution in [1.29, 1.82) is 5.26 Å². The summed E-state index contributed by atoms with van der Waals surface area (Å²) in [6.07, 6.45) is -4.57. The van der Waals surface area contributed by atoms with E-state index in [9.17, 15) is 18.4 Å². The summed E-state index contributed by atoms with van der Waals surface area (Å²) in [6.45, 7) is 3.63. The standard InChI is InChI=1S/C17H14F3NO/c1-11(2)22-16-8-7-12(9-13(16)10-21)14-5-3-4-6-15(14)17(18,19)20/h3-9,11H,1-2H3. The summed E-state index contributed by atoms with van der Waals surface area (Å²) in [6, 6.07) is 11.7. The van der Waals surface area contributed by atoms with E-state index in [1.165, 1.54) is 36.4 Å². The largest absolute Gasteiger partial charge is 0.490 e. The molecule has 0 heterocycles. The number of benzene rings is 2. The van der Waals surface area contributed by atoms with E-state index in [0.717, 1.165) is 6.07 Å². The lowest BCUT2D eigenvalue weighted by molar-refractivity contribution is -0.137. The Labute approximate surface area is 126 Å². The number of alkyl halides is 3. The monoisotopic (exact) mass is 305 g/mol. The molecule has 0 radical (unpaired) electrons. The minimum Gasteiger partial charge on any atom is -0.490 e. The van der Waals surface area contributed by atoms with Crippen LogP contribution in [0.3, 0.4) is 0 Å². The highest BCUT2D eigenvalue weighted by Gasteiger charge is 2.33. The van der Waals surface area contributed by atoms with Crippen LogP contribution in [-0.2, 0) is 6.18 Å². The van der Waals surface area contributed by atoms with Gasteiger partial charge in [0.25, 0.3) is 0 Å². The topological polar surface area (TPSA) is 33.0 Å². The molecule has 0 bridgehead atoms. The molecular weight excluding hydrogens is 291 g/mol. The first-order valence-electron chi connectivity index (χ1n) is 6.70. The molecular formula is C17H14F3NO. The highest BCUT2D eigenvalue weighted by atomic mass is 19.4. The zero-order valence-corrected chi connectivity index (χ0v) is 12.1. The van der Waals surface area contributed by atoms with Gasteiger partial charge in [0.15, 0.2) is 0 Å². The Bertz CT molecular complexity index is 715. The third kappa shape index (κ3) is 3.40. The lowest BCUT2D eigenvalue weighted by atomic mass is 9.97. The first-order valence-corrected chi connectivity index (χ1v) is 6.70. The zero-order valence-electron chi connectivity index (χ0n) is 12.1. The smallest absolute Gasteiger partial charge is 0.417 e.